The summed E-state index contributed by atoms with van der Waals surface area (Å²) in [7, 11) is 1.58. The van der Waals surface area contributed by atoms with Crippen LogP contribution in [0.5, 0.6) is 0 Å². The number of nitrogens with zero attached hydrogens (tertiary/aromatic N) is 3. The Labute approximate surface area is 151 Å². The van der Waals surface area contributed by atoms with Crippen molar-refractivity contribution in [3.05, 3.63) is 46.5 Å². The molecule has 1 amide bonds. The highest BCUT2D eigenvalue weighted by atomic mass is 35.5. The largest absolute Gasteiger partial charge is 0.391 e. The van der Waals surface area contributed by atoms with E-state index in [-0.39, 0.29) is 24.3 Å². The van der Waals surface area contributed by atoms with E-state index in [9.17, 15) is 9.90 Å². The highest BCUT2D eigenvalue weighted by Gasteiger charge is 2.34. The zero-order chi connectivity index (χ0) is 18.0. The molecule has 3 rings (SSSR count). The molecule has 0 unspecified atom stereocenters. The molecule has 0 spiro atoms. The van der Waals surface area contributed by atoms with Gasteiger partial charge in [0.15, 0.2) is 5.82 Å². The van der Waals surface area contributed by atoms with E-state index in [4.69, 9.17) is 17.3 Å². The number of aliphatic hydroxyl groups excluding tert-OH is 1. The van der Waals surface area contributed by atoms with E-state index in [0.717, 1.165) is 11.4 Å². The fourth-order valence-corrected chi connectivity index (χ4v) is 3.37. The summed E-state index contributed by atoms with van der Waals surface area (Å²) in [6.45, 7) is 0.456. The Morgan fingerprint density at radius 1 is 1.44 bits per heavy atom. The Kier molecular flexibility index (Phi) is 5.36. The molecular weight excluding hydrogens is 342 g/mol. The van der Waals surface area contributed by atoms with Crippen molar-refractivity contribution < 1.29 is 9.90 Å². The second kappa shape index (κ2) is 7.51. The lowest BCUT2D eigenvalue weighted by Gasteiger charge is -2.12. The Bertz CT molecular complexity index is 753. The number of benzene rings is 1. The Morgan fingerprint density at radius 2 is 2.20 bits per heavy atom. The Morgan fingerprint density at radius 3 is 2.84 bits per heavy atom. The van der Waals surface area contributed by atoms with E-state index < -0.39 is 6.10 Å². The molecule has 1 aromatic heterocycles. The van der Waals surface area contributed by atoms with E-state index in [1.807, 2.05) is 24.3 Å². The third kappa shape index (κ3) is 4.00. The number of aromatic nitrogens is 3. The average Bonchev–Trinajstić information content (AvgIpc) is 3.13. The third-order valence-electron chi connectivity index (χ3n) is 4.56. The minimum atomic E-state index is -0.544. The highest BCUT2D eigenvalue weighted by Crippen LogP contribution is 2.33. The number of likely N-dealkylation sites (N-methyl/N-ethyl adjacent to an activating group) is 1. The zero-order valence-electron chi connectivity index (χ0n) is 14.0. The lowest BCUT2D eigenvalue weighted by Crippen LogP contribution is -2.28. The van der Waals surface area contributed by atoms with Crippen LogP contribution in [-0.2, 0) is 17.8 Å². The summed E-state index contributed by atoms with van der Waals surface area (Å²) >= 11 is 6.26. The third-order valence-corrected chi connectivity index (χ3v) is 4.93. The first-order valence-corrected chi connectivity index (χ1v) is 8.67. The molecule has 7 nitrogen and oxygen atoms in total. The quantitative estimate of drug-likeness (QED) is 0.729. The van der Waals surface area contributed by atoms with Gasteiger partial charge in [0.1, 0.15) is 5.82 Å². The number of carbonyl (C=O) groups excluding carboxylic acids is 1. The van der Waals surface area contributed by atoms with Gasteiger partial charge in [0.2, 0.25) is 5.91 Å². The molecule has 8 heteroatoms. The predicted octanol–water partition coefficient (Wildman–Crippen LogP) is 0.834. The van der Waals surface area contributed by atoms with Gasteiger partial charge in [-0.2, -0.15) is 5.10 Å². The van der Waals surface area contributed by atoms with Gasteiger partial charge in [-0.1, -0.05) is 29.8 Å². The number of aliphatic hydroxyl groups is 1. The van der Waals surface area contributed by atoms with Gasteiger partial charge >= 0.3 is 0 Å². The maximum atomic E-state index is 11.7. The fraction of sp³-hybridized carbons (Fsp3) is 0.471. The van der Waals surface area contributed by atoms with Gasteiger partial charge in [0.05, 0.1) is 19.1 Å². The molecule has 1 aromatic carbocycles. The standard InChI is InChI=1S/C17H22ClN5O2/c1-20-16(25)8-15-21-17(11-6-13(19)14(24)7-11)23(22-15)9-10-4-2-3-5-12(10)18/h2-5,11,13-14,24H,6-9,19H2,1H3,(H,20,25)/t11-,13-,14-/m0/s1. The molecule has 1 aliphatic rings. The molecule has 1 aliphatic carbocycles. The SMILES string of the molecule is CNC(=O)Cc1nc([C@H]2C[C@H](N)[C@@H](O)C2)n(Cc2ccccc2Cl)n1. The molecule has 2 aromatic rings. The first-order chi connectivity index (χ1) is 12.0. The summed E-state index contributed by atoms with van der Waals surface area (Å²) in [4.78, 5) is 16.2. The smallest absolute Gasteiger partial charge is 0.227 e. The molecule has 0 saturated heterocycles. The maximum Gasteiger partial charge on any atom is 0.227 e. The van der Waals surface area contributed by atoms with Crippen LogP contribution in [0.4, 0.5) is 0 Å². The second-order valence-corrected chi connectivity index (χ2v) is 6.79. The van der Waals surface area contributed by atoms with E-state index in [2.05, 4.69) is 15.4 Å². The van der Waals surface area contributed by atoms with Crippen LogP contribution in [0.3, 0.4) is 0 Å². The van der Waals surface area contributed by atoms with Crippen molar-refractivity contribution >= 4 is 17.5 Å². The molecule has 134 valence electrons. The summed E-state index contributed by atoms with van der Waals surface area (Å²) < 4.78 is 1.77. The second-order valence-electron chi connectivity index (χ2n) is 6.38. The van der Waals surface area contributed by atoms with Gasteiger partial charge in [-0.25, -0.2) is 9.67 Å². The molecule has 25 heavy (non-hydrogen) atoms. The molecule has 1 fully saturated rings. The van der Waals surface area contributed by atoms with Crippen LogP contribution >= 0.6 is 11.6 Å². The van der Waals surface area contributed by atoms with Gasteiger partial charge in [-0.3, -0.25) is 4.79 Å². The van der Waals surface area contributed by atoms with Gasteiger partial charge in [-0.15, -0.1) is 0 Å². The monoisotopic (exact) mass is 363 g/mol. The molecule has 0 aliphatic heterocycles. The topological polar surface area (TPSA) is 106 Å². The number of nitrogens with one attached hydrogen (secondary N) is 1. The summed E-state index contributed by atoms with van der Waals surface area (Å²) in [6.07, 6.45) is 0.752. The van der Waals surface area contributed by atoms with Crippen molar-refractivity contribution in [2.75, 3.05) is 7.05 Å². The van der Waals surface area contributed by atoms with Crippen molar-refractivity contribution in [3.8, 4) is 0 Å². The number of halogens is 1. The summed E-state index contributed by atoms with van der Waals surface area (Å²) in [5, 5.41) is 17.7. The van der Waals surface area contributed by atoms with Crippen molar-refractivity contribution in [2.24, 2.45) is 5.73 Å². The van der Waals surface area contributed by atoms with Crippen LogP contribution in [0.15, 0.2) is 24.3 Å². The van der Waals surface area contributed by atoms with Crippen LogP contribution in [0.2, 0.25) is 5.02 Å². The van der Waals surface area contributed by atoms with Crippen LogP contribution in [0.25, 0.3) is 0 Å². The first-order valence-electron chi connectivity index (χ1n) is 8.29. The first kappa shape index (κ1) is 17.8. The molecule has 1 heterocycles. The molecule has 3 atom stereocenters. The number of carbonyl (C=O) groups is 1. The van der Waals surface area contributed by atoms with Gasteiger partial charge < -0.3 is 16.2 Å². The van der Waals surface area contributed by atoms with E-state index in [1.165, 1.54) is 0 Å². The number of hydrogen-bond acceptors (Lipinski definition) is 5. The minimum Gasteiger partial charge on any atom is -0.391 e. The van der Waals surface area contributed by atoms with Crippen LogP contribution in [0, 0.1) is 0 Å². The zero-order valence-corrected chi connectivity index (χ0v) is 14.8. The van der Waals surface area contributed by atoms with Gasteiger partial charge in [0.25, 0.3) is 0 Å². The number of hydrogen-bond donors (Lipinski definition) is 3. The van der Waals surface area contributed by atoms with Crippen LogP contribution in [-0.4, -0.2) is 45.0 Å². The minimum absolute atomic E-state index is 0.0124. The van der Waals surface area contributed by atoms with E-state index >= 15 is 0 Å². The van der Waals surface area contributed by atoms with E-state index in [0.29, 0.717) is 30.2 Å². The highest BCUT2D eigenvalue weighted by molar-refractivity contribution is 6.31. The Balaban J connectivity index is 1.91. The summed E-state index contributed by atoms with van der Waals surface area (Å²) in [5.74, 6) is 1.06. The fourth-order valence-electron chi connectivity index (χ4n) is 3.18. The number of amides is 1. The molecule has 1 saturated carbocycles. The molecule has 0 radical (unpaired) electrons. The maximum absolute atomic E-state index is 11.7. The summed E-state index contributed by atoms with van der Waals surface area (Å²) in [6, 6.07) is 7.28. The molecular formula is C17H22ClN5O2. The summed E-state index contributed by atoms with van der Waals surface area (Å²) in [5.41, 5.74) is 6.87. The van der Waals surface area contributed by atoms with Crippen LogP contribution in [0.1, 0.15) is 36.0 Å². The van der Waals surface area contributed by atoms with Crippen molar-refractivity contribution in [2.45, 2.75) is 43.9 Å². The van der Waals surface area contributed by atoms with Crippen molar-refractivity contribution in [3.63, 3.8) is 0 Å². The van der Waals surface area contributed by atoms with Crippen molar-refractivity contribution in [1.82, 2.24) is 20.1 Å². The van der Waals surface area contributed by atoms with E-state index in [1.54, 1.807) is 11.7 Å². The van der Waals surface area contributed by atoms with Crippen molar-refractivity contribution in [1.29, 1.82) is 0 Å². The lowest BCUT2D eigenvalue weighted by molar-refractivity contribution is -0.120. The molecule has 0 bridgehead atoms. The predicted molar refractivity (Wildman–Crippen MR) is 94.3 cm³/mol. The normalized spacial score (nSPS) is 23.0. The number of rotatable bonds is 5. The van der Waals surface area contributed by atoms with Gasteiger partial charge in [-0.05, 0) is 24.5 Å². The van der Waals surface area contributed by atoms with Gasteiger partial charge in [0, 0.05) is 24.0 Å². The lowest BCUT2D eigenvalue weighted by atomic mass is 10.1. The van der Waals surface area contributed by atoms with Crippen LogP contribution < -0.4 is 11.1 Å². The average molecular weight is 364 g/mol. The Hall–Kier alpha value is -1.96. The number of nitrogens with two attached hydrogens (primary N) is 1. The molecule has 4 N–H and O–H groups in total.